The van der Waals surface area contributed by atoms with Crippen LogP contribution in [0.4, 0.5) is 0 Å². The predicted octanol–water partition coefficient (Wildman–Crippen LogP) is 5.29. The van der Waals surface area contributed by atoms with Crippen molar-refractivity contribution in [3.8, 4) is 0 Å². The maximum Gasteiger partial charge on any atom is 0.0461 e. The van der Waals surface area contributed by atoms with Crippen molar-refractivity contribution < 1.29 is 0 Å². The lowest BCUT2D eigenvalue weighted by atomic mass is 10.1. The molecule has 0 saturated carbocycles. The molecule has 0 aliphatic heterocycles. The van der Waals surface area contributed by atoms with E-state index >= 15 is 0 Å². The summed E-state index contributed by atoms with van der Waals surface area (Å²) in [5.41, 5.74) is 2.32. The molecule has 0 bridgehead atoms. The second-order valence-corrected chi connectivity index (χ2v) is 6.53. The van der Waals surface area contributed by atoms with Crippen LogP contribution in [-0.2, 0) is 6.42 Å². The molecule has 88 valence electrons. The Bertz CT molecular complexity index is 499. The first-order valence-electron chi connectivity index (χ1n) is 5.16. The number of aromatic nitrogens is 1. The van der Waals surface area contributed by atoms with Gasteiger partial charge in [-0.1, -0.05) is 59.9 Å². The molecule has 1 aromatic carbocycles. The van der Waals surface area contributed by atoms with E-state index in [4.69, 9.17) is 0 Å². The van der Waals surface area contributed by atoms with Gasteiger partial charge in [0.25, 0.3) is 0 Å². The van der Waals surface area contributed by atoms with Crippen molar-refractivity contribution in [1.29, 1.82) is 0 Å². The Hall–Kier alpha value is -0.190. The van der Waals surface area contributed by atoms with Gasteiger partial charge in [-0.15, -0.1) is 0 Å². The summed E-state index contributed by atoms with van der Waals surface area (Å²) in [6, 6.07) is 12.2. The van der Waals surface area contributed by atoms with Crippen LogP contribution in [0.5, 0.6) is 0 Å². The Morgan fingerprint density at radius 1 is 1.12 bits per heavy atom. The van der Waals surface area contributed by atoms with Crippen LogP contribution in [0, 0.1) is 0 Å². The van der Waals surface area contributed by atoms with Gasteiger partial charge in [0.15, 0.2) is 0 Å². The maximum atomic E-state index is 4.34. The lowest BCUT2D eigenvalue weighted by Gasteiger charge is -2.12. The Morgan fingerprint density at radius 2 is 1.94 bits per heavy atom. The molecule has 0 fully saturated rings. The van der Waals surface area contributed by atoms with Crippen molar-refractivity contribution in [2.24, 2.45) is 0 Å². The summed E-state index contributed by atoms with van der Waals surface area (Å²) in [7, 11) is 0. The average Bonchev–Trinajstić information content (AvgIpc) is 2.30. The van der Waals surface area contributed by atoms with Crippen LogP contribution >= 0.6 is 47.8 Å². The zero-order valence-electron chi connectivity index (χ0n) is 8.91. The number of halogens is 3. The van der Waals surface area contributed by atoms with Gasteiger partial charge in [-0.05, 0) is 29.8 Å². The van der Waals surface area contributed by atoms with Crippen molar-refractivity contribution in [2.45, 2.75) is 11.2 Å². The van der Waals surface area contributed by atoms with Gasteiger partial charge < -0.3 is 0 Å². The third-order valence-corrected chi connectivity index (χ3v) is 4.41. The summed E-state index contributed by atoms with van der Waals surface area (Å²) in [6.07, 6.45) is 2.70. The number of pyridine rings is 1. The summed E-state index contributed by atoms with van der Waals surface area (Å²) < 4.78 is 2.18. The summed E-state index contributed by atoms with van der Waals surface area (Å²) in [5.74, 6) is 0. The molecule has 1 aromatic heterocycles. The van der Waals surface area contributed by atoms with Crippen LogP contribution in [-0.4, -0.2) is 4.98 Å². The van der Waals surface area contributed by atoms with Crippen molar-refractivity contribution in [2.75, 3.05) is 0 Å². The van der Waals surface area contributed by atoms with Gasteiger partial charge in [0, 0.05) is 32.1 Å². The summed E-state index contributed by atoms with van der Waals surface area (Å²) >= 11 is 10.7. The molecule has 0 amide bonds. The molecule has 0 N–H and O–H groups in total. The molecular formula is C13H10Br3N. The van der Waals surface area contributed by atoms with Gasteiger partial charge in [0.1, 0.15) is 0 Å². The SMILES string of the molecule is Brc1ccc(C(Br)Cc2ccccn2)c(Br)c1. The van der Waals surface area contributed by atoms with Gasteiger partial charge in [0.05, 0.1) is 0 Å². The number of alkyl halides is 1. The third-order valence-electron chi connectivity index (χ3n) is 2.41. The fourth-order valence-corrected chi connectivity index (χ4v) is 3.93. The van der Waals surface area contributed by atoms with Crippen molar-refractivity contribution in [3.63, 3.8) is 0 Å². The normalized spacial score (nSPS) is 12.4. The minimum atomic E-state index is 0.264. The highest BCUT2D eigenvalue weighted by Crippen LogP contribution is 2.33. The zero-order valence-corrected chi connectivity index (χ0v) is 13.7. The number of benzene rings is 1. The quantitative estimate of drug-likeness (QED) is 0.616. The lowest BCUT2D eigenvalue weighted by Crippen LogP contribution is -1.98. The third kappa shape index (κ3) is 3.63. The number of hydrogen-bond acceptors (Lipinski definition) is 1. The fraction of sp³-hybridized carbons (Fsp3) is 0.154. The lowest BCUT2D eigenvalue weighted by molar-refractivity contribution is 0.900. The largest absolute Gasteiger partial charge is 0.261 e. The van der Waals surface area contributed by atoms with E-state index in [0.717, 1.165) is 21.1 Å². The van der Waals surface area contributed by atoms with E-state index < -0.39 is 0 Å². The first-order valence-corrected chi connectivity index (χ1v) is 7.66. The molecule has 4 heteroatoms. The first kappa shape index (κ1) is 13.2. The molecule has 1 unspecified atom stereocenters. The standard InChI is InChI=1S/C13H10Br3N/c14-9-4-5-11(12(15)7-9)13(16)8-10-3-1-2-6-17-10/h1-7,13H,8H2. The molecule has 1 heterocycles. The van der Waals surface area contributed by atoms with Crippen LogP contribution in [0.15, 0.2) is 51.5 Å². The summed E-state index contributed by atoms with van der Waals surface area (Å²) in [4.78, 5) is 4.60. The number of hydrogen-bond donors (Lipinski definition) is 0. The molecule has 0 aliphatic carbocycles. The average molecular weight is 420 g/mol. The van der Waals surface area contributed by atoms with Crippen LogP contribution in [0.2, 0.25) is 0 Å². The molecule has 2 aromatic rings. The Kier molecular flexibility index (Phi) is 4.77. The van der Waals surface area contributed by atoms with Crippen LogP contribution in [0.3, 0.4) is 0 Å². The van der Waals surface area contributed by atoms with Crippen LogP contribution in [0.25, 0.3) is 0 Å². The highest BCUT2D eigenvalue weighted by molar-refractivity contribution is 9.11. The first-order chi connectivity index (χ1) is 8.16. The molecule has 0 saturated heterocycles. The van der Waals surface area contributed by atoms with Gasteiger partial charge in [0.2, 0.25) is 0 Å². The van der Waals surface area contributed by atoms with E-state index in [1.54, 1.807) is 0 Å². The van der Waals surface area contributed by atoms with Gasteiger partial charge in [-0.3, -0.25) is 4.98 Å². The number of rotatable bonds is 3. The van der Waals surface area contributed by atoms with Crippen molar-refractivity contribution in [1.82, 2.24) is 4.98 Å². The highest BCUT2D eigenvalue weighted by atomic mass is 79.9. The Balaban J connectivity index is 2.17. The zero-order chi connectivity index (χ0) is 12.3. The molecule has 2 rings (SSSR count). The minimum absolute atomic E-state index is 0.264. The smallest absolute Gasteiger partial charge is 0.0461 e. The second-order valence-electron chi connectivity index (χ2n) is 3.66. The topological polar surface area (TPSA) is 12.9 Å². The molecular weight excluding hydrogens is 410 g/mol. The van der Waals surface area contributed by atoms with Crippen LogP contribution in [0.1, 0.15) is 16.1 Å². The van der Waals surface area contributed by atoms with E-state index in [-0.39, 0.29) is 4.83 Å². The monoisotopic (exact) mass is 417 g/mol. The second kappa shape index (κ2) is 6.12. The predicted molar refractivity (Wildman–Crippen MR) is 81.5 cm³/mol. The fourth-order valence-electron chi connectivity index (χ4n) is 1.57. The van der Waals surface area contributed by atoms with E-state index in [2.05, 4.69) is 64.9 Å². The van der Waals surface area contributed by atoms with Gasteiger partial charge >= 0.3 is 0 Å². The van der Waals surface area contributed by atoms with E-state index in [1.807, 2.05) is 30.5 Å². The molecule has 0 radical (unpaired) electrons. The summed E-state index contributed by atoms with van der Waals surface area (Å²) in [5, 5.41) is 0. The highest BCUT2D eigenvalue weighted by Gasteiger charge is 2.12. The summed E-state index contributed by atoms with van der Waals surface area (Å²) in [6.45, 7) is 0. The van der Waals surface area contributed by atoms with Gasteiger partial charge in [-0.25, -0.2) is 0 Å². The van der Waals surface area contributed by atoms with Crippen LogP contribution < -0.4 is 0 Å². The van der Waals surface area contributed by atoms with Crippen molar-refractivity contribution >= 4 is 47.8 Å². The van der Waals surface area contributed by atoms with E-state index in [9.17, 15) is 0 Å². The number of nitrogens with zero attached hydrogens (tertiary/aromatic N) is 1. The van der Waals surface area contributed by atoms with Gasteiger partial charge in [-0.2, -0.15) is 0 Å². The minimum Gasteiger partial charge on any atom is -0.261 e. The Labute approximate surface area is 126 Å². The molecule has 17 heavy (non-hydrogen) atoms. The van der Waals surface area contributed by atoms with E-state index in [1.165, 1.54) is 5.56 Å². The maximum absolute atomic E-state index is 4.34. The molecule has 1 atom stereocenters. The molecule has 1 nitrogen and oxygen atoms in total. The molecule has 0 spiro atoms. The Morgan fingerprint density at radius 3 is 2.59 bits per heavy atom. The van der Waals surface area contributed by atoms with E-state index in [0.29, 0.717) is 0 Å². The molecule has 0 aliphatic rings. The van der Waals surface area contributed by atoms with Crippen molar-refractivity contribution in [3.05, 3.63) is 62.8 Å².